The highest BCUT2D eigenvalue weighted by molar-refractivity contribution is 6.17. The minimum absolute atomic E-state index is 0.156. The van der Waals surface area contributed by atoms with Gasteiger partial charge in [0.15, 0.2) is 5.82 Å². The van der Waals surface area contributed by atoms with E-state index in [9.17, 15) is 24.0 Å². The zero-order chi connectivity index (χ0) is 28.5. The number of halogens is 1. The van der Waals surface area contributed by atoms with Crippen molar-refractivity contribution in [2.24, 2.45) is 0 Å². The molecule has 0 spiro atoms. The number of carbonyl (C=O) groups is 4. The smallest absolute Gasteiger partial charge is 0.439 e. The number of carbonyl (C=O) groups excluding carboxylic acids is 4. The Hall–Kier alpha value is -4.45. The third-order valence-corrected chi connectivity index (χ3v) is 5.62. The molecule has 12 nitrogen and oxygen atoms in total. The zero-order valence-electron chi connectivity index (χ0n) is 21.4. The molecule has 1 heterocycles. The van der Waals surface area contributed by atoms with E-state index in [0.29, 0.717) is 17.7 Å². The lowest BCUT2D eigenvalue weighted by molar-refractivity contribution is -0.172. The molecule has 13 heteroatoms. The Bertz CT molecular complexity index is 1370. The summed E-state index contributed by atoms with van der Waals surface area (Å²) in [5, 5.41) is 6.14. The predicted octanol–water partition coefficient (Wildman–Crippen LogP) is 2.80. The first kappa shape index (κ1) is 29.1. The van der Waals surface area contributed by atoms with E-state index >= 15 is 0 Å². The van der Waals surface area contributed by atoms with Gasteiger partial charge in [-0.1, -0.05) is 22.9 Å². The minimum atomic E-state index is -1.81. The lowest BCUT2D eigenvalue weighted by atomic mass is 10.1. The molecular weight excluding hydrogens is 532 g/mol. The largest absolute Gasteiger partial charge is 0.448 e. The molecule has 3 aromatic rings. The summed E-state index contributed by atoms with van der Waals surface area (Å²) in [5.41, 5.74) is 2.20. The summed E-state index contributed by atoms with van der Waals surface area (Å²) in [7, 11) is 0. The minimum Gasteiger partial charge on any atom is -0.448 e. The highest BCUT2D eigenvalue weighted by Crippen LogP contribution is 2.22. The zero-order valence-corrected chi connectivity index (χ0v) is 22.2. The molecule has 0 aliphatic heterocycles. The number of amides is 2. The van der Waals surface area contributed by atoms with E-state index in [4.69, 9.17) is 21.1 Å². The molecule has 0 saturated carbocycles. The van der Waals surface area contributed by atoms with Crippen molar-refractivity contribution in [1.29, 1.82) is 0 Å². The number of aromatic nitrogens is 2. The average molecular weight is 559 g/mol. The fourth-order valence-electron chi connectivity index (χ4n) is 3.59. The Labute approximate surface area is 228 Å². The van der Waals surface area contributed by atoms with Gasteiger partial charge in [0.05, 0.1) is 0 Å². The Morgan fingerprint density at radius 3 is 2.15 bits per heavy atom. The molecule has 0 bridgehead atoms. The van der Waals surface area contributed by atoms with Gasteiger partial charge in [0.25, 0.3) is 11.8 Å². The Morgan fingerprint density at radius 2 is 1.62 bits per heavy atom. The van der Waals surface area contributed by atoms with Crippen LogP contribution in [0.25, 0.3) is 11.4 Å². The summed E-state index contributed by atoms with van der Waals surface area (Å²) in [6, 6.07) is 13.1. The van der Waals surface area contributed by atoms with Crippen LogP contribution in [0.4, 0.5) is 11.4 Å². The van der Waals surface area contributed by atoms with Gasteiger partial charge in [-0.3, -0.25) is 28.7 Å². The maximum absolute atomic E-state index is 13.7. The van der Waals surface area contributed by atoms with Crippen molar-refractivity contribution in [2.75, 3.05) is 22.6 Å². The van der Waals surface area contributed by atoms with E-state index in [1.807, 2.05) is 6.92 Å². The second-order valence-electron chi connectivity index (χ2n) is 8.44. The van der Waals surface area contributed by atoms with Crippen LogP contribution in [0.2, 0.25) is 0 Å². The van der Waals surface area contributed by atoms with Gasteiger partial charge in [-0.25, -0.2) is 4.79 Å². The van der Waals surface area contributed by atoms with Crippen molar-refractivity contribution < 1.29 is 33.2 Å². The molecule has 0 fully saturated rings. The maximum atomic E-state index is 13.7. The molecule has 2 amide bonds. The van der Waals surface area contributed by atoms with Gasteiger partial charge in [-0.2, -0.15) is 0 Å². The fourth-order valence-corrected chi connectivity index (χ4v) is 3.71. The molecule has 206 valence electrons. The number of hydrogen-bond acceptors (Lipinski definition) is 9. The number of rotatable bonds is 11. The van der Waals surface area contributed by atoms with Crippen molar-refractivity contribution in [1.82, 2.24) is 10.1 Å². The summed E-state index contributed by atoms with van der Waals surface area (Å²) in [6.45, 7) is 4.18. The lowest BCUT2D eigenvalue weighted by Crippen LogP contribution is -2.53. The number of anilines is 2. The lowest BCUT2D eigenvalue weighted by Gasteiger charge is -2.30. The van der Waals surface area contributed by atoms with E-state index < -0.39 is 41.7 Å². The highest BCUT2D eigenvalue weighted by atomic mass is 35.5. The van der Waals surface area contributed by atoms with Gasteiger partial charge in [0.2, 0.25) is 12.2 Å². The van der Waals surface area contributed by atoms with Crippen LogP contribution < -0.4 is 16.0 Å². The van der Waals surface area contributed by atoms with Crippen LogP contribution in [-0.2, 0) is 28.7 Å². The molecule has 0 aliphatic carbocycles. The van der Waals surface area contributed by atoms with Gasteiger partial charge in [0.1, 0.15) is 0 Å². The van der Waals surface area contributed by atoms with Gasteiger partial charge in [-0.15, -0.1) is 11.6 Å². The Morgan fingerprint density at radius 1 is 1.00 bits per heavy atom. The standard InChI is InChI=1S/C26H27ClN4O8/c1-15-5-11-20(12-6-15)31(14-4-13-27)25(35)22(38-17(3)33)21(37-16(2)32)24(34)28-19-9-7-18(8-10-19)23-29-26(36)39-30-23/h5-12,21-22H,4,13-14H2,1-3H3,(H,28,34)(H,29,30,36)/t21-,22-/m1/s1. The molecule has 2 N–H and O–H groups in total. The number of nitrogens with zero attached hydrogens (tertiary/aromatic N) is 2. The van der Waals surface area contributed by atoms with Crippen molar-refractivity contribution in [3.8, 4) is 11.4 Å². The summed E-state index contributed by atoms with van der Waals surface area (Å²) in [4.78, 5) is 65.9. The first-order valence-corrected chi connectivity index (χ1v) is 12.4. The van der Waals surface area contributed by atoms with E-state index in [2.05, 4.69) is 20.0 Å². The van der Waals surface area contributed by atoms with Gasteiger partial charge in [0, 0.05) is 43.2 Å². The predicted molar refractivity (Wildman–Crippen MR) is 141 cm³/mol. The number of aromatic amines is 1. The number of nitrogens with one attached hydrogen (secondary N) is 2. The summed E-state index contributed by atoms with van der Waals surface area (Å²) < 4.78 is 15.0. The van der Waals surface area contributed by atoms with Crippen LogP contribution in [0.1, 0.15) is 25.8 Å². The molecule has 0 radical (unpaired) electrons. The third-order valence-electron chi connectivity index (χ3n) is 5.36. The SMILES string of the molecule is CC(=O)O[C@@H](C(=O)Nc1ccc(-c2noc(=O)[nH]2)cc1)[C@@H](OC(C)=O)C(=O)N(CCCCl)c1ccc(C)cc1. The van der Waals surface area contributed by atoms with Crippen molar-refractivity contribution in [3.05, 3.63) is 64.6 Å². The van der Waals surface area contributed by atoms with Crippen molar-refractivity contribution in [2.45, 2.75) is 39.4 Å². The summed E-state index contributed by atoms with van der Waals surface area (Å²) >= 11 is 5.87. The number of ether oxygens (including phenoxy) is 2. The van der Waals surface area contributed by atoms with Crippen LogP contribution >= 0.6 is 11.6 Å². The first-order chi connectivity index (χ1) is 18.6. The maximum Gasteiger partial charge on any atom is 0.439 e. The Kier molecular flexibility index (Phi) is 9.98. The molecule has 2 aromatic carbocycles. The Balaban J connectivity index is 1.91. The van der Waals surface area contributed by atoms with Crippen LogP contribution in [0.15, 0.2) is 57.8 Å². The second-order valence-corrected chi connectivity index (χ2v) is 8.82. The molecule has 39 heavy (non-hydrogen) atoms. The second kappa shape index (κ2) is 13.4. The molecule has 2 atom stereocenters. The summed E-state index contributed by atoms with van der Waals surface area (Å²) in [6.07, 6.45) is -3.20. The van der Waals surface area contributed by atoms with Crippen molar-refractivity contribution in [3.63, 3.8) is 0 Å². The summed E-state index contributed by atoms with van der Waals surface area (Å²) in [5.74, 6) is -3.69. The quantitative estimate of drug-likeness (QED) is 0.266. The highest BCUT2D eigenvalue weighted by Gasteiger charge is 2.42. The van der Waals surface area contributed by atoms with Crippen molar-refractivity contribution >= 4 is 46.7 Å². The van der Waals surface area contributed by atoms with Crippen LogP contribution in [-0.4, -0.2) is 58.5 Å². The van der Waals surface area contributed by atoms with Gasteiger partial charge in [-0.05, 0) is 49.7 Å². The number of H-pyrrole nitrogens is 1. The number of aryl methyl sites for hydroxylation is 1. The molecule has 1 aromatic heterocycles. The molecule has 3 rings (SSSR count). The van der Waals surface area contributed by atoms with Crippen LogP contribution in [0, 0.1) is 6.92 Å². The van der Waals surface area contributed by atoms with Gasteiger partial charge < -0.3 is 19.7 Å². The molecule has 0 aliphatic rings. The first-order valence-electron chi connectivity index (χ1n) is 11.8. The van der Waals surface area contributed by atoms with Crippen LogP contribution in [0.3, 0.4) is 0 Å². The number of hydrogen-bond donors (Lipinski definition) is 2. The topological polar surface area (TPSA) is 161 Å². The molecule has 0 unspecified atom stereocenters. The number of alkyl halides is 1. The third kappa shape index (κ3) is 8.01. The van der Waals surface area contributed by atoms with Gasteiger partial charge >= 0.3 is 17.7 Å². The normalized spacial score (nSPS) is 12.2. The van der Waals surface area contributed by atoms with E-state index in [-0.39, 0.29) is 23.9 Å². The monoisotopic (exact) mass is 558 g/mol. The molecule has 0 saturated heterocycles. The van der Waals surface area contributed by atoms with Crippen LogP contribution in [0.5, 0.6) is 0 Å². The van der Waals surface area contributed by atoms with E-state index in [1.165, 1.54) is 17.0 Å². The van der Waals surface area contributed by atoms with E-state index in [1.54, 1.807) is 36.4 Å². The average Bonchev–Trinajstić information content (AvgIpc) is 3.33. The fraction of sp³-hybridized carbons (Fsp3) is 0.308. The number of benzene rings is 2. The number of esters is 2. The van der Waals surface area contributed by atoms with E-state index in [0.717, 1.165) is 19.4 Å². The molecular formula is C26H27ClN4O8.